The minimum atomic E-state index is -0.779. The summed E-state index contributed by atoms with van der Waals surface area (Å²) in [4.78, 5) is 26.1. The van der Waals surface area contributed by atoms with Crippen LogP contribution in [0.2, 0.25) is 0 Å². The molecule has 6 nitrogen and oxygen atoms in total. The van der Waals surface area contributed by atoms with E-state index in [0.29, 0.717) is 19.3 Å². The second-order valence-corrected chi connectivity index (χ2v) is 19.0. The van der Waals surface area contributed by atoms with Crippen LogP contribution in [0.1, 0.15) is 310 Å². The molecule has 0 rings (SSSR count). The number of carbonyl (C=O) groups excluding carboxylic acids is 2. The number of carbonyl (C=O) groups is 2. The number of rotatable bonds is 50. The largest absolute Gasteiger partial charge is 0.462 e. The van der Waals surface area contributed by atoms with E-state index in [2.05, 4.69) is 26.1 Å². The van der Waals surface area contributed by atoms with Gasteiger partial charge in [-0.2, -0.15) is 0 Å². The Morgan fingerprint density at radius 3 is 1.02 bits per heavy atom. The zero-order chi connectivity index (χ0) is 43.8. The molecule has 0 heterocycles. The van der Waals surface area contributed by atoms with Crippen molar-refractivity contribution in [2.75, 3.05) is 6.61 Å². The van der Waals surface area contributed by atoms with Crippen molar-refractivity contribution in [1.82, 2.24) is 5.32 Å². The van der Waals surface area contributed by atoms with E-state index in [1.807, 2.05) is 0 Å². The van der Waals surface area contributed by atoms with Crippen molar-refractivity contribution in [3.8, 4) is 0 Å². The second-order valence-electron chi connectivity index (χ2n) is 19.0. The molecule has 3 N–H and O–H groups in total. The van der Waals surface area contributed by atoms with E-state index in [1.165, 1.54) is 218 Å². The third-order valence-electron chi connectivity index (χ3n) is 12.9. The number of aliphatic hydroxyl groups excluding tert-OH is 2. The normalized spacial score (nSPS) is 13.1. The molecule has 0 aromatic heterocycles. The number of hydrogen-bond acceptors (Lipinski definition) is 5. The zero-order valence-corrected chi connectivity index (χ0v) is 40.9. The summed E-state index contributed by atoms with van der Waals surface area (Å²) in [6.07, 6.45) is 53.1. The van der Waals surface area contributed by atoms with E-state index in [4.69, 9.17) is 4.74 Å². The third-order valence-corrected chi connectivity index (χ3v) is 12.9. The number of ether oxygens (including phenoxy) is 1. The maximum atomic E-state index is 13.2. The molecule has 0 aliphatic carbocycles. The van der Waals surface area contributed by atoms with Gasteiger partial charge in [0.2, 0.25) is 5.91 Å². The zero-order valence-electron chi connectivity index (χ0n) is 40.9. The molecule has 0 saturated heterocycles. The molecule has 0 saturated carbocycles. The summed E-state index contributed by atoms with van der Waals surface area (Å²) in [6, 6.07) is -0.692. The fourth-order valence-corrected chi connectivity index (χ4v) is 8.79. The van der Waals surface area contributed by atoms with Crippen LogP contribution < -0.4 is 5.32 Å². The predicted octanol–water partition coefficient (Wildman–Crippen LogP) is 16.4. The monoisotopic (exact) mass is 850 g/mol. The van der Waals surface area contributed by atoms with Gasteiger partial charge in [-0.05, 0) is 25.7 Å². The summed E-state index contributed by atoms with van der Waals surface area (Å²) in [6.45, 7) is 6.52. The maximum absolute atomic E-state index is 13.2. The number of unbranched alkanes of at least 4 members (excludes halogenated alkanes) is 38. The lowest BCUT2D eigenvalue weighted by molar-refractivity contribution is -0.151. The van der Waals surface area contributed by atoms with Crippen molar-refractivity contribution >= 4 is 11.9 Å². The molecule has 3 unspecified atom stereocenters. The average molecular weight is 850 g/mol. The Bertz CT molecular complexity index is 867. The van der Waals surface area contributed by atoms with Crippen molar-refractivity contribution < 1.29 is 24.5 Å². The molecule has 0 spiro atoms. The lowest BCUT2D eigenvalue weighted by atomic mass is 10.0. The van der Waals surface area contributed by atoms with Crippen LogP contribution in [-0.2, 0) is 14.3 Å². The summed E-state index contributed by atoms with van der Waals surface area (Å²) in [5.41, 5.74) is 0. The highest BCUT2D eigenvalue weighted by Gasteiger charge is 2.24. The molecule has 0 radical (unpaired) electrons. The Labute approximate surface area is 375 Å². The quantitative estimate of drug-likeness (QED) is 0.0419. The van der Waals surface area contributed by atoms with Crippen LogP contribution >= 0.6 is 0 Å². The van der Waals surface area contributed by atoms with E-state index < -0.39 is 18.2 Å². The molecule has 0 aliphatic heterocycles. The Hall–Kier alpha value is -1.14. The van der Waals surface area contributed by atoms with Crippen LogP contribution in [0.5, 0.6) is 0 Å². The summed E-state index contributed by atoms with van der Waals surface area (Å²) < 4.78 is 5.94. The van der Waals surface area contributed by atoms with E-state index in [-0.39, 0.29) is 24.9 Å². The van der Waals surface area contributed by atoms with Crippen molar-refractivity contribution in [3.63, 3.8) is 0 Å². The summed E-state index contributed by atoms with van der Waals surface area (Å²) in [7, 11) is 0. The first kappa shape index (κ1) is 58.9. The van der Waals surface area contributed by atoms with E-state index in [1.54, 1.807) is 0 Å². The lowest BCUT2D eigenvalue weighted by Gasteiger charge is -2.24. The number of esters is 1. The van der Waals surface area contributed by atoms with Gasteiger partial charge in [-0.1, -0.05) is 271 Å². The number of aliphatic hydroxyl groups is 2. The van der Waals surface area contributed by atoms with Crippen LogP contribution in [0.25, 0.3) is 0 Å². The summed E-state index contributed by atoms with van der Waals surface area (Å²) >= 11 is 0. The van der Waals surface area contributed by atoms with Crippen molar-refractivity contribution in [2.24, 2.45) is 0 Å². The first-order valence-electron chi connectivity index (χ1n) is 27.3. The molecule has 0 aliphatic rings. The van der Waals surface area contributed by atoms with Gasteiger partial charge < -0.3 is 20.3 Å². The molecule has 0 fully saturated rings. The first-order valence-corrected chi connectivity index (χ1v) is 27.3. The van der Waals surface area contributed by atoms with Gasteiger partial charge in [0.25, 0.3) is 0 Å². The number of nitrogens with one attached hydrogen (secondary N) is 1. The van der Waals surface area contributed by atoms with Crippen LogP contribution in [0.15, 0.2) is 0 Å². The maximum Gasteiger partial charge on any atom is 0.306 e. The fourth-order valence-electron chi connectivity index (χ4n) is 8.79. The topological polar surface area (TPSA) is 95.9 Å². The van der Waals surface area contributed by atoms with Crippen molar-refractivity contribution in [2.45, 2.75) is 328 Å². The van der Waals surface area contributed by atoms with Gasteiger partial charge in [-0.3, -0.25) is 9.59 Å². The van der Waals surface area contributed by atoms with Gasteiger partial charge in [-0.15, -0.1) is 0 Å². The lowest BCUT2D eigenvalue weighted by Crippen LogP contribution is -2.46. The molecule has 1 amide bonds. The van der Waals surface area contributed by atoms with E-state index >= 15 is 0 Å². The Kier molecular flexibility index (Phi) is 48.0. The van der Waals surface area contributed by atoms with Crippen LogP contribution in [0.3, 0.4) is 0 Å². The van der Waals surface area contributed by atoms with Gasteiger partial charge >= 0.3 is 5.97 Å². The standard InChI is InChI=1S/C54H107NO5/c1-4-7-10-13-16-19-22-25-26-27-28-29-31-34-37-40-43-46-52(57)51(49-56)55-53(58)48-50(45-42-39-36-33-30-23-20-17-14-11-8-5-2)60-54(59)47-44-41-38-35-32-24-21-18-15-12-9-6-3/h50-52,56-57H,4-49H2,1-3H3,(H,55,58). The fraction of sp³-hybridized carbons (Fsp3) is 0.963. The molecule has 0 bridgehead atoms. The van der Waals surface area contributed by atoms with Gasteiger partial charge in [-0.25, -0.2) is 0 Å². The van der Waals surface area contributed by atoms with Gasteiger partial charge in [0.05, 0.1) is 25.2 Å². The third kappa shape index (κ3) is 43.5. The van der Waals surface area contributed by atoms with Crippen molar-refractivity contribution in [3.05, 3.63) is 0 Å². The summed E-state index contributed by atoms with van der Waals surface area (Å²) in [5.74, 6) is -0.450. The van der Waals surface area contributed by atoms with E-state index in [0.717, 1.165) is 44.9 Å². The highest BCUT2D eigenvalue weighted by Crippen LogP contribution is 2.19. The van der Waals surface area contributed by atoms with Crippen molar-refractivity contribution in [1.29, 1.82) is 0 Å². The highest BCUT2D eigenvalue weighted by atomic mass is 16.5. The van der Waals surface area contributed by atoms with Crippen LogP contribution in [-0.4, -0.2) is 46.9 Å². The molecule has 358 valence electrons. The Morgan fingerprint density at radius 2 is 0.700 bits per heavy atom. The predicted molar refractivity (Wildman–Crippen MR) is 260 cm³/mol. The minimum absolute atomic E-state index is 0.0879. The van der Waals surface area contributed by atoms with Crippen LogP contribution in [0, 0.1) is 0 Å². The Balaban J connectivity index is 4.43. The molecule has 60 heavy (non-hydrogen) atoms. The number of hydrogen-bond donors (Lipinski definition) is 3. The molecular weight excluding hydrogens is 743 g/mol. The second kappa shape index (κ2) is 48.9. The SMILES string of the molecule is CCCCCCCCCCCCCCCCCCCC(O)C(CO)NC(=O)CC(CCCCCCCCCCCCCC)OC(=O)CCCCCCCCCCCCCC. The average Bonchev–Trinajstić information content (AvgIpc) is 3.24. The highest BCUT2D eigenvalue weighted by molar-refractivity contribution is 5.77. The van der Waals surface area contributed by atoms with E-state index in [9.17, 15) is 19.8 Å². The van der Waals surface area contributed by atoms with Gasteiger partial charge in [0.15, 0.2) is 0 Å². The molecule has 6 heteroatoms. The number of amides is 1. The van der Waals surface area contributed by atoms with Crippen LogP contribution in [0.4, 0.5) is 0 Å². The minimum Gasteiger partial charge on any atom is -0.462 e. The Morgan fingerprint density at radius 1 is 0.417 bits per heavy atom. The first-order chi connectivity index (χ1) is 29.5. The summed E-state index contributed by atoms with van der Waals surface area (Å²) in [5, 5.41) is 23.8. The van der Waals surface area contributed by atoms with Gasteiger partial charge in [0.1, 0.15) is 6.10 Å². The molecule has 0 aromatic rings. The molecule has 3 atom stereocenters. The smallest absolute Gasteiger partial charge is 0.306 e. The van der Waals surface area contributed by atoms with Gasteiger partial charge in [0, 0.05) is 6.42 Å². The molecule has 0 aromatic carbocycles. The molecular formula is C54H107NO5.